The molecule has 1 saturated heterocycles. The highest BCUT2D eigenvalue weighted by Gasteiger charge is 2.41. The minimum atomic E-state index is -4.84. The van der Waals surface area contributed by atoms with Crippen LogP contribution in [0.4, 0.5) is 34.6 Å². The number of fused-ring (bicyclic) bond motifs is 3. The predicted molar refractivity (Wildman–Crippen MR) is 128 cm³/mol. The SMILES string of the molecule is O=C(Nc1ccccc1)c1ccc2c(c1)NC(=O)C1CN(C(=O)c3cc(F)ccc3C(F)(F)F)CCN21. The summed E-state index contributed by atoms with van der Waals surface area (Å²) in [6, 6.07) is 14.6. The van der Waals surface area contributed by atoms with Crippen LogP contribution in [0.25, 0.3) is 0 Å². The van der Waals surface area contributed by atoms with E-state index in [9.17, 15) is 31.9 Å². The second-order valence-corrected chi connectivity index (χ2v) is 8.69. The maximum Gasteiger partial charge on any atom is 0.417 e. The summed E-state index contributed by atoms with van der Waals surface area (Å²) in [5, 5.41) is 5.49. The Morgan fingerprint density at radius 2 is 1.73 bits per heavy atom. The number of nitrogens with one attached hydrogen (secondary N) is 2. The lowest BCUT2D eigenvalue weighted by molar-refractivity contribution is -0.138. The van der Waals surface area contributed by atoms with Gasteiger partial charge in [0.2, 0.25) is 5.91 Å². The Labute approximate surface area is 208 Å². The van der Waals surface area contributed by atoms with Crippen molar-refractivity contribution in [3.8, 4) is 0 Å². The minimum Gasteiger partial charge on any atom is -0.355 e. The van der Waals surface area contributed by atoms with Crippen LogP contribution < -0.4 is 15.5 Å². The monoisotopic (exact) mass is 512 g/mol. The Morgan fingerprint density at radius 3 is 2.46 bits per heavy atom. The fourth-order valence-electron chi connectivity index (χ4n) is 4.56. The van der Waals surface area contributed by atoms with Gasteiger partial charge in [-0.1, -0.05) is 18.2 Å². The number of hydrogen-bond donors (Lipinski definition) is 2. The Kier molecular flexibility index (Phi) is 6.06. The van der Waals surface area contributed by atoms with Crippen LogP contribution in [0.2, 0.25) is 0 Å². The number of piperazine rings is 1. The van der Waals surface area contributed by atoms with E-state index in [-0.39, 0.29) is 25.5 Å². The Morgan fingerprint density at radius 1 is 0.973 bits per heavy atom. The highest BCUT2D eigenvalue weighted by Crippen LogP contribution is 2.36. The molecule has 3 aromatic carbocycles. The van der Waals surface area contributed by atoms with Crippen LogP contribution in [-0.2, 0) is 11.0 Å². The summed E-state index contributed by atoms with van der Waals surface area (Å²) in [6.45, 7) is -0.0106. The standard InChI is InChI=1S/C26H20F4N4O3/c27-16-7-8-19(26(28,29)30)18(13-16)25(37)33-10-11-34-21-9-6-15(12-20(21)32-24(36)22(34)14-33)23(35)31-17-4-2-1-3-5-17/h1-9,12-13,22H,10-11,14H2,(H,31,35)(H,32,36). The van der Waals surface area contributed by atoms with Crippen molar-refractivity contribution in [2.75, 3.05) is 35.2 Å². The smallest absolute Gasteiger partial charge is 0.355 e. The second-order valence-electron chi connectivity index (χ2n) is 8.69. The maximum atomic E-state index is 13.7. The summed E-state index contributed by atoms with van der Waals surface area (Å²) >= 11 is 0. The summed E-state index contributed by atoms with van der Waals surface area (Å²) in [7, 11) is 0. The number of para-hydroxylation sites is 1. The molecule has 2 heterocycles. The summed E-state index contributed by atoms with van der Waals surface area (Å²) in [5.74, 6) is -2.80. The van der Waals surface area contributed by atoms with Crippen LogP contribution >= 0.6 is 0 Å². The molecule has 0 aliphatic carbocycles. The fraction of sp³-hybridized carbons (Fsp3) is 0.192. The lowest BCUT2D eigenvalue weighted by Gasteiger charge is -2.45. The Bertz CT molecular complexity index is 1390. The number of hydrogen-bond acceptors (Lipinski definition) is 4. The average molecular weight is 512 g/mol. The van der Waals surface area contributed by atoms with Gasteiger partial charge in [-0.25, -0.2) is 4.39 Å². The molecule has 2 aliphatic heterocycles. The van der Waals surface area contributed by atoms with Gasteiger partial charge in [-0.3, -0.25) is 14.4 Å². The lowest BCUT2D eigenvalue weighted by Crippen LogP contribution is -2.61. The number of nitrogens with zero attached hydrogens (tertiary/aromatic N) is 2. The van der Waals surface area contributed by atoms with Crippen LogP contribution in [0.3, 0.4) is 0 Å². The van der Waals surface area contributed by atoms with Crippen LogP contribution in [0, 0.1) is 5.82 Å². The van der Waals surface area contributed by atoms with Crippen LogP contribution in [0.5, 0.6) is 0 Å². The van der Waals surface area contributed by atoms with Gasteiger partial charge in [-0.05, 0) is 48.5 Å². The van der Waals surface area contributed by atoms with Gasteiger partial charge in [0.05, 0.1) is 29.0 Å². The van der Waals surface area contributed by atoms with E-state index in [0.29, 0.717) is 40.8 Å². The van der Waals surface area contributed by atoms with Crippen LogP contribution in [-0.4, -0.2) is 48.3 Å². The van der Waals surface area contributed by atoms with Gasteiger partial charge in [0.15, 0.2) is 0 Å². The molecule has 0 bridgehead atoms. The molecule has 1 fully saturated rings. The molecule has 37 heavy (non-hydrogen) atoms. The van der Waals surface area contributed by atoms with Crippen molar-refractivity contribution < 1.29 is 31.9 Å². The predicted octanol–water partition coefficient (Wildman–Crippen LogP) is 4.38. The highest BCUT2D eigenvalue weighted by molar-refractivity contribution is 6.09. The number of rotatable bonds is 3. The van der Waals surface area contributed by atoms with Crippen molar-refractivity contribution >= 4 is 34.8 Å². The summed E-state index contributed by atoms with van der Waals surface area (Å²) < 4.78 is 54.0. The molecule has 3 amide bonds. The molecule has 0 saturated carbocycles. The third-order valence-electron chi connectivity index (χ3n) is 6.35. The zero-order valence-electron chi connectivity index (χ0n) is 19.2. The first-order chi connectivity index (χ1) is 17.6. The highest BCUT2D eigenvalue weighted by atomic mass is 19.4. The average Bonchev–Trinajstić information content (AvgIpc) is 2.87. The van der Waals surface area contributed by atoms with Gasteiger partial charge in [0.1, 0.15) is 11.9 Å². The van der Waals surface area contributed by atoms with Crippen molar-refractivity contribution in [1.82, 2.24) is 4.90 Å². The molecule has 7 nitrogen and oxygen atoms in total. The van der Waals surface area contributed by atoms with Crippen molar-refractivity contribution in [1.29, 1.82) is 0 Å². The number of carbonyl (C=O) groups excluding carboxylic acids is 3. The molecule has 1 atom stereocenters. The Hall–Kier alpha value is -4.41. The quantitative estimate of drug-likeness (QED) is 0.511. The third-order valence-corrected chi connectivity index (χ3v) is 6.35. The van der Waals surface area contributed by atoms with Crippen molar-refractivity contribution in [3.05, 3.63) is 89.2 Å². The topological polar surface area (TPSA) is 81.8 Å². The van der Waals surface area contributed by atoms with E-state index in [1.807, 2.05) is 6.07 Å². The zero-order chi connectivity index (χ0) is 26.3. The first kappa shape index (κ1) is 24.3. The van der Waals surface area contributed by atoms with E-state index < -0.39 is 41.0 Å². The van der Waals surface area contributed by atoms with E-state index in [2.05, 4.69) is 10.6 Å². The number of halogens is 4. The second kappa shape index (κ2) is 9.23. The molecular weight excluding hydrogens is 492 g/mol. The summed E-state index contributed by atoms with van der Waals surface area (Å²) in [5.41, 5.74) is -0.0725. The number of anilines is 3. The van der Waals surface area contributed by atoms with Gasteiger partial charge in [-0.15, -0.1) is 0 Å². The normalized spacial score (nSPS) is 17.0. The fourth-order valence-corrected chi connectivity index (χ4v) is 4.56. The van der Waals surface area contributed by atoms with E-state index in [1.165, 1.54) is 0 Å². The third kappa shape index (κ3) is 4.72. The van der Waals surface area contributed by atoms with Gasteiger partial charge in [-0.2, -0.15) is 13.2 Å². The van der Waals surface area contributed by atoms with Gasteiger partial charge in [0.25, 0.3) is 11.8 Å². The molecular formula is C26H20F4N4O3. The first-order valence-electron chi connectivity index (χ1n) is 11.4. The number of benzene rings is 3. The van der Waals surface area contributed by atoms with Crippen LogP contribution in [0.15, 0.2) is 66.7 Å². The van der Waals surface area contributed by atoms with Gasteiger partial charge < -0.3 is 20.4 Å². The first-order valence-corrected chi connectivity index (χ1v) is 11.4. The van der Waals surface area contributed by atoms with Crippen molar-refractivity contribution in [2.24, 2.45) is 0 Å². The summed E-state index contributed by atoms with van der Waals surface area (Å²) in [4.78, 5) is 41.4. The number of amides is 3. The molecule has 3 aromatic rings. The minimum absolute atomic E-state index is 0.0199. The van der Waals surface area contributed by atoms with Crippen LogP contribution in [0.1, 0.15) is 26.3 Å². The zero-order valence-corrected chi connectivity index (χ0v) is 19.2. The molecule has 2 aliphatic rings. The molecule has 190 valence electrons. The van der Waals surface area contributed by atoms with Gasteiger partial charge >= 0.3 is 6.18 Å². The number of alkyl halides is 3. The molecule has 5 rings (SSSR count). The van der Waals surface area contributed by atoms with E-state index in [0.717, 1.165) is 4.90 Å². The lowest BCUT2D eigenvalue weighted by atomic mass is 10.0. The molecule has 11 heteroatoms. The van der Waals surface area contributed by atoms with E-state index >= 15 is 0 Å². The molecule has 0 spiro atoms. The van der Waals surface area contributed by atoms with E-state index in [1.54, 1.807) is 47.4 Å². The molecule has 0 aromatic heterocycles. The number of carbonyl (C=O) groups is 3. The molecule has 2 N–H and O–H groups in total. The molecule has 1 unspecified atom stereocenters. The summed E-state index contributed by atoms with van der Waals surface area (Å²) in [6.07, 6.45) is -4.84. The maximum absolute atomic E-state index is 13.7. The van der Waals surface area contributed by atoms with Crippen molar-refractivity contribution in [2.45, 2.75) is 12.2 Å². The molecule has 0 radical (unpaired) electrons. The largest absolute Gasteiger partial charge is 0.417 e. The van der Waals surface area contributed by atoms with Crippen molar-refractivity contribution in [3.63, 3.8) is 0 Å². The Balaban J connectivity index is 1.36. The van der Waals surface area contributed by atoms with E-state index in [4.69, 9.17) is 0 Å². The van der Waals surface area contributed by atoms with Gasteiger partial charge in [0, 0.05) is 24.3 Å².